The van der Waals surface area contributed by atoms with Gasteiger partial charge in [-0.1, -0.05) is 18.2 Å². The molecule has 0 fully saturated rings. The molecule has 1 N–H and O–H groups in total. The molecule has 5 rings (SSSR count). The van der Waals surface area contributed by atoms with E-state index in [0.29, 0.717) is 16.3 Å². The summed E-state index contributed by atoms with van der Waals surface area (Å²) in [5.74, 6) is 0.477. The molecule has 0 atom stereocenters. The first-order valence-electron chi connectivity index (χ1n) is 12.3. The molecule has 0 saturated carbocycles. The average Bonchev–Trinajstić information content (AvgIpc) is 3.31. The quantitative estimate of drug-likeness (QED) is 0.116. The lowest BCUT2D eigenvalue weighted by atomic mass is 9.95. The number of anilines is 1. The summed E-state index contributed by atoms with van der Waals surface area (Å²) in [5, 5.41) is 14.6. The minimum Gasteiger partial charge on any atom is -0.487 e. The second-order valence-electron chi connectivity index (χ2n) is 9.00. The number of thiophene rings is 1. The van der Waals surface area contributed by atoms with Gasteiger partial charge in [-0.2, -0.15) is 0 Å². The first-order valence-corrected chi connectivity index (χ1v) is 14.7. The Bertz CT molecular complexity index is 1530. The molecule has 3 aromatic carbocycles. The molecule has 1 amide bonds. The van der Waals surface area contributed by atoms with Crippen LogP contribution in [0.1, 0.15) is 44.8 Å². The Morgan fingerprint density at radius 3 is 2.44 bits per heavy atom. The van der Waals surface area contributed by atoms with E-state index in [1.807, 2.05) is 42.5 Å². The number of carbonyl (C=O) groups is 1. The van der Waals surface area contributed by atoms with Gasteiger partial charge in [-0.25, -0.2) is 4.99 Å². The number of fused-ring (bicyclic) bond motifs is 1. The predicted molar refractivity (Wildman–Crippen MR) is 162 cm³/mol. The molecule has 1 aliphatic rings. The fourth-order valence-electron chi connectivity index (χ4n) is 4.39. The van der Waals surface area contributed by atoms with Crippen LogP contribution >= 0.6 is 43.2 Å². The number of non-ortho nitro benzene ring substituents is 1. The molecule has 10 heteroatoms. The Morgan fingerprint density at radius 2 is 1.74 bits per heavy atom. The van der Waals surface area contributed by atoms with Crippen molar-refractivity contribution >= 4 is 71.7 Å². The van der Waals surface area contributed by atoms with Gasteiger partial charge >= 0.3 is 0 Å². The summed E-state index contributed by atoms with van der Waals surface area (Å²) >= 11 is 8.76. The Balaban J connectivity index is 1.35. The van der Waals surface area contributed by atoms with Crippen LogP contribution in [0.25, 0.3) is 0 Å². The molecule has 0 bridgehead atoms. The van der Waals surface area contributed by atoms with Crippen LogP contribution in [0.4, 0.5) is 16.4 Å². The normalized spacial score (nSPS) is 12.8. The lowest BCUT2D eigenvalue weighted by Gasteiger charge is -2.13. The van der Waals surface area contributed by atoms with Crippen molar-refractivity contribution in [1.82, 2.24) is 0 Å². The summed E-state index contributed by atoms with van der Waals surface area (Å²) in [7, 11) is 0. The number of rotatable bonds is 8. The molecule has 39 heavy (non-hydrogen) atoms. The largest absolute Gasteiger partial charge is 0.487 e. The van der Waals surface area contributed by atoms with E-state index in [1.165, 1.54) is 17.0 Å². The third-order valence-corrected chi connectivity index (χ3v) is 8.67. The number of nitro benzene ring substituents is 1. The second kappa shape index (κ2) is 12.2. The van der Waals surface area contributed by atoms with Crippen LogP contribution in [0.5, 0.6) is 5.75 Å². The van der Waals surface area contributed by atoms with E-state index in [9.17, 15) is 14.9 Å². The Kier molecular flexibility index (Phi) is 8.54. The molecule has 7 nitrogen and oxygen atoms in total. The summed E-state index contributed by atoms with van der Waals surface area (Å²) in [6, 6.07) is 19.5. The smallest absolute Gasteiger partial charge is 0.269 e. The molecule has 0 unspecified atom stereocenters. The molecular formula is C29H23Br2N3O4S. The molecule has 4 aromatic rings. The Hall–Kier alpha value is -3.34. The van der Waals surface area contributed by atoms with Crippen LogP contribution in [0, 0.1) is 10.1 Å². The van der Waals surface area contributed by atoms with Crippen LogP contribution in [0.3, 0.4) is 0 Å². The average molecular weight is 669 g/mol. The highest BCUT2D eigenvalue weighted by Crippen LogP contribution is 2.41. The third kappa shape index (κ3) is 6.46. The zero-order valence-corrected chi connectivity index (χ0v) is 24.6. The zero-order chi connectivity index (χ0) is 27.4. The lowest BCUT2D eigenvalue weighted by Crippen LogP contribution is -2.14. The standard InChI is InChI=1S/C29H23Br2N3O4S/c30-23-14-19(15-24(31)27(23)38-17-18-10-12-21(13-11-18)34(36)37)16-32-29-26(22-8-4-5-9-25(22)39-29)28(35)33-20-6-2-1-3-7-20/h1-3,6-7,10-16H,4-5,8-9,17H2,(H,33,35). The summed E-state index contributed by atoms with van der Waals surface area (Å²) in [6.07, 6.45) is 5.80. The van der Waals surface area contributed by atoms with E-state index < -0.39 is 4.92 Å². The Morgan fingerprint density at radius 1 is 1.05 bits per heavy atom. The number of aryl methyl sites for hydroxylation is 1. The van der Waals surface area contributed by atoms with Gasteiger partial charge in [-0.05, 0) is 111 Å². The van der Waals surface area contributed by atoms with Crippen molar-refractivity contribution in [1.29, 1.82) is 0 Å². The Labute approximate surface area is 246 Å². The van der Waals surface area contributed by atoms with Gasteiger partial charge in [0.1, 0.15) is 17.4 Å². The van der Waals surface area contributed by atoms with Crippen LogP contribution in [-0.2, 0) is 19.4 Å². The van der Waals surface area contributed by atoms with E-state index in [2.05, 4.69) is 37.2 Å². The highest BCUT2D eigenvalue weighted by Gasteiger charge is 2.25. The van der Waals surface area contributed by atoms with Crippen molar-refractivity contribution in [2.45, 2.75) is 32.3 Å². The fourth-order valence-corrected chi connectivity index (χ4v) is 7.07. The summed E-state index contributed by atoms with van der Waals surface area (Å²) < 4.78 is 7.43. The zero-order valence-electron chi connectivity index (χ0n) is 20.7. The molecule has 0 radical (unpaired) electrons. The first-order chi connectivity index (χ1) is 18.9. The van der Waals surface area contributed by atoms with Gasteiger partial charge in [-0.15, -0.1) is 11.3 Å². The SMILES string of the molecule is O=C(Nc1ccccc1)c1c(N=Cc2cc(Br)c(OCc3ccc([N+](=O)[O-])cc3)c(Br)c2)sc2c1CCCC2. The van der Waals surface area contributed by atoms with Crippen molar-refractivity contribution in [2.75, 3.05) is 5.32 Å². The van der Waals surface area contributed by atoms with Gasteiger partial charge in [0, 0.05) is 28.9 Å². The van der Waals surface area contributed by atoms with Crippen LogP contribution in [0.2, 0.25) is 0 Å². The van der Waals surface area contributed by atoms with Gasteiger partial charge in [-0.3, -0.25) is 14.9 Å². The summed E-state index contributed by atoms with van der Waals surface area (Å²) in [5.41, 5.74) is 4.22. The number of amides is 1. The van der Waals surface area contributed by atoms with E-state index in [4.69, 9.17) is 9.73 Å². The van der Waals surface area contributed by atoms with E-state index >= 15 is 0 Å². The number of benzene rings is 3. The van der Waals surface area contributed by atoms with Crippen molar-refractivity contribution in [3.05, 3.63) is 113 Å². The number of carbonyl (C=O) groups excluding carboxylic acids is 1. The van der Waals surface area contributed by atoms with E-state index in [1.54, 1.807) is 29.7 Å². The maximum Gasteiger partial charge on any atom is 0.269 e. The van der Waals surface area contributed by atoms with Gasteiger partial charge < -0.3 is 10.1 Å². The molecule has 1 aromatic heterocycles. The maximum absolute atomic E-state index is 13.3. The van der Waals surface area contributed by atoms with E-state index in [0.717, 1.165) is 57.0 Å². The van der Waals surface area contributed by atoms with Gasteiger partial charge in [0.15, 0.2) is 0 Å². The molecule has 0 aliphatic heterocycles. The second-order valence-corrected chi connectivity index (χ2v) is 11.8. The van der Waals surface area contributed by atoms with Gasteiger partial charge in [0.2, 0.25) is 0 Å². The minimum absolute atomic E-state index is 0.0389. The number of nitrogens with one attached hydrogen (secondary N) is 1. The fraction of sp³-hybridized carbons (Fsp3) is 0.172. The number of halogens is 2. The van der Waals surface area contributed by atoms with Crippen molar-refractivity contribution in [3.8, 4) is 5.75 Å². The van der Waals surface area contributed by atoms with Gasteiger partial charge in [0.05, 0.1) is 19.4 Å². The van der Waals surface area contributed by atoms with Crippen molar-refractivity contribution < 1.29 is 14.5 Å². The molecule has 198 valence electrons. The number of para-hydroxylation sites is 1. The molecule has 1 aliphatic carbocycles. The highest BCUT2D eigenvalue weighted by molar-refractivity contribution is 9.11. The van der Waals surface area contributed by atoms with Gasteiger partial charge in [0.25, 0.3) is 11.6 Å². The summed E-state index contributed by atoms with van der Waals surface area (Å²) in [6.45, 7) is 0.253. The molecule has 0 saturated heterocycles. The number of nitrogens with zero attached hydrogens (tertiary/aromatic N) is 2. The predicted octanol–water partition coefficient (Wildman–Crippen LogP) is 8.64. The maximum atomic E-state index is 13.3. The number of nitro groups is 1. The number of aliphatic imine (C=N–C) groups is 1. The highest BCUT2D eigenvalue weighted by atomic mass is 79.9. The molecular weight excluding hydrogens is 646 g/mol. The minimum atomic E-state index is -0.428. The monoisotopic (exact) mass is 667 g/mol. The first kappa shape index (κ1) is 27.2. The van der Waals surface area contributed by atoms with Crippen LogP contribution < -0.4 is 10.1 Å². The van der Waals surface area contributed by atoms with Crippen LogP contribution in [0.15, 0.2) is 80.7 Å². The number of hydrogen-bond donors (Lipinski definition) is 1. The van der Waals surface area contributed by atoms with Crippen molar-refractivity contribution in [2.24, 2.45) is 4.99 Å². The van der Waals surface area contributed by atoms with Crippen LogP contribution in [-0.4, -0.2) is 17.0 Å². The third-order valence-electron chi connectivity index (χ3n) is 6.29. The molecule has 1 heterocycles. The topological polar surface area (TPSA) is 93.8 Å². The molecule has 0 spiro atoms. The lowest BCUT2D eigenvalue weighted by molar-refractivity contribution is -0.384. The van der Waals surface area contributed by atoms with E-state index in [-0.39, 0.29) is 18.2 Å². The number of ether oxygens (including phenoxy) is 1. The summed E-state index contributed by atoms with van der Waals surface area (Å²) in [4.78, 5) is 29.8. The van der Waals surface area contributed by atoms with Crippen molar-refractivity contribution in [3.63, 3.8) is 0 Å². The number of hydrogen-bond acceptors (Lipinski definition) is 6.